The minimum atomic E-state index is -0.584. The van der Waals surface area contributed by atoms with Crippen LogP contribution in [0.15, 0.2) is 51.7 Å². The lowest BCUT2D eigenvalue weighted by molar-refractivity contribution is 0.0737. The molecule has 0 bridgehead atoms. The molecule has 20 heavy (non-hydrogen) atoms. The van der Waals surface area contributed by atoms with Gasteiger partial charge >= 0.3 is 11.7 Å². The number of carbonyl (C=O) groups excluding carboxylic acids is 1. The summed E-state index contributed by atoms with van der Waals surface area (Å²) in [6, 6.07) is 11.9. The van der Waals surface area contributed by atoms with Gasteiger partial charge in [-0.3, -0.25) is 4.98 Å². The average molecular weight is 269 g/mol. The number of H-pyrrole nitrogens is 1. The van der Waals surface area contributed by atoms with Crippen LogP contribution in [-0.4, -0.2) is 11.0 Å². The monoisotopic (exact) mass is 269 g/mol. The van der Waals surface area contributed by atoms with E-state index in [0.717, 1.165) is 5.56 Å². The Morgan fingerprint density at radius 1 is 1.15 bits per heavy atom. The van der Waals surface area contributed by atoms with E-state index in [4.69, 9.17) is 9.15 Å². The molecule has 0 aliphatic rings. The fraction of sp³-hybridized carbons (Fsp3) is 0.0667. The molecule has 1 N–H and O–H groups in total. The number of hydrogen-bond acceptors (Lipinski definition) is 4. The topological polar surface area (TPSA) is 72.3 Å². The normalized spacial score (nSPS) is 10.7. The molecule has 0 spiro atoms. The Kier molecular flexibility index (Phi) is 2.87. The van der Waals surface area contributed by atoms with Crippen molar-refractivity contribution in [2.24, 2.45) is 0 Å². The first kappa shape index (κ1) is 12.2. The van der Waals surface area contributed by atoms with Gasteiger partial charge in [-0.1, -0.05) is 23.8 Å². The van der Waals surface area contributed by atoms with E-state index in [1.54, 1.807) is 30.3 Å². The quantitative estimate of drug-likeness (QED) is 0.573. The van der Waals surface area contributed by atoms with E-state index in [2.05, 4.69) is 4.98 Å². The van der Waals surface area contributed by atoms with Gasteiger partial charge in [-0.25, -0.2) is 9.59 Å². The van der Waals surface area contributed by atoms with Crippen molar-refractivity contribution in [3.8, 4) is 5.75 Å². The average Bonchev–Trinajstić information content (AvgIpc) is 2.81. The van der Waals surface area contributed by atoms with Crippen LogP contribution in [0.4, 0.5) is 0 Å². The molecule has 0 saturated carbocycles. The van der Waals surface area contributed by atoms with Crippen molar-refractivity contribution in [1.82, 2.24) is 4.98 Å². The Balaban J connectivity index is 1.95. The van der Waals surface area contributed by atoms with Crippen LogP contribution in [0, 0.1) is 6.92 Å². The molecule has 3 aromatic rings. The van der Waals surface area contributed by atoms with Gasteiger partial charge in [0, 0.05) is 0 Å². The molecule has 2 aromatic carbocycles. The lowest BCUT2D eigenvalue weighted by Crippen LogP contribution is -2.08. The van der Waals surface area contributed by atoms with Gasteiger partial charge in [0.15, 0.2) is 11.3 Å². The van der Waals surface area contributed by atoms with Gasteiger partial charge in [-0.2, -0.15) is 0 Å². The summed E-state index contributed by atoms with van der Waals surface area (Å²) in [7, 11) is 0. The molecule has 0 saturated heterocycles. The molecule has 0 aliphatic heterocycles. The summed E-state index contributed by atoms with van der Waals surface area (Å²) in [5.41, 5.74) is 2.23. The second-order valence-corrected chi connectivity index (χ2v) is 4.40. The highest BCUT2D eigenvalue weighted by Crippen LogP contribution is 2.23. The smallest absolute Gasteiger partial charge is 0.417 e. The lowest BCUT2D eigenvalue weighted by atomic mass is 10.1. The summed E-state index contributed by atoms with van der Waals surface area (Å²) < 4.78 is 10.2. The maximum Gasteiger partial charge on any atom is 0.417 e. The van der Waals surface area contributed by atoms with Gasteiger partial charge in [-0.15, -0.1) is 0 Å². The number of aryl methyl sites for hydroxylation is 1. The number of nitrogens with one attached hydrogen (secondary N) is 1. The Morgan fingerprint density at radius 3 is 2.65 bits per heavy atom. The van der Waals surface area contributed by atoms with Crippen molar-refractivity contribution in [2.45, 2.75) is 6.92 Å². The van der Waals surface area contributed by atoms with Gasteiger partial charge in [-0.05, 0) is 31.2 Å². The number of ether oxygens (including phenoxy) is 1. The van der Waals surface area contributed by atoms with Crippen LogP contribution in [0.25, 0.3) is 11.1 Å². The Hall–Kier alpha value is -2.82. The number of fused-ring (bicyclic) bond motifs is 1. The molecule has 0 radical (unpaired) electrons. The van der Waals surface area contributed by atoms with Crippen LogP contribution in [-0.2, 0) is 0 Å². The molecule has 1 heterocycles. The fourth-order valence-electron chi connectivity index (χ4n) is 1.88. The Bertz CT molecular complexity index is 827. The first-order valence-electron chi connectivity index (χ1n) is 6.04. The number of carbonyl (C=O) groups is 1. The van der Waals surface area contributed by atoms with Crippen LogP contribution in [0.5, 0.6) is 5.75 Å². The molecule has 3 rings (SSSR count). The van der Waals surface area contributed by atoms with Gasteiger partial charge in [0.25, 0.3) is 0 Å². The van der Waals surface area contributed by atoms with Crippen LogP contribution in [0.1, 0.15) is 15.9 Å². The number of aromatic nitrogens is 1. The molecule has 0 atom stereocenters. The number of esters is 1. The predicted octanol–water partition coefficient (Wildman–Crippen LogP) is 2.65. The Morgan fingerprint density at radius 2 is 1.90 bits per heavy atom. The van der Waals surface area contributed by atoms with Crippen molar-refractivity contribution >= 4 is 17.1 Å². The zero-order valence-corrected chi connectivity index (χ0v) is 10.7. The lowest BCUT2D eigenvalue weighted by Gasteiger charge is -2.04. The summed E-state index contributed by atoms with van der Waals surface area (Å²) in [5, 5.41) is 0. The highest BCUT2D eigenvalue weighted by Gasteiger charge is 2.13. The van der Waals surface area contributed by atoms with Crippen molar-refractivity contribution in [2.75, 3.05) is 0 Å². The third kappa shape index (κ3) is 2.21. The van der Waals surface area contributed by atoms with Crippen molar-refractivity contribution < 1.29 is 13.9 Å². The predicted molar refractivity (Wildman–Crippen MR) is 73.0 cm³/mol. The molecule has 0 unspecified atom stereocenters. The highest BCUT2D eigenvalue weighted by molar-refractivity contribution is 5.93. The van der Waals surface area contributed by atoms with Crippen LogP contribution < -0.4 is 10.5 Å². The molecule has 0 fully saturated rings. The van der Waals surface area contributed by atoms with Gasteiger partial charge in [0.05, 0.1) is 5.56 Å². The van der Waals surface area contributed by atoms with Crippen LogP contribution in [0.2, 0.25) is 0 Å². The minimum Gasteiger partial charge on any atom is -0.421 e. The van der Waals surface area contributed by atoms with Crippen LogP contribution in [0.3, 0.4) is 0 Å². The maximum atomic E-state index is 12.0. The second kappa shape index (κ2) is 4.70. The number of rotatable bonds is 2. The molecule has 5 heteroatoms. The van der Waals surface area contributed by atoms with E-state index >= 15 is 0 Å². The van der Waals surface area contributed by atoms with E-state index in [1.807, 2.05) is 19.1 Å². The zero-order chi connectivity index (χ0) is 14.1. The van der Waals surface area contributed by atoms with Crippen molar-refractivity contribution in [3.05, 3.63) is 64.1 Å². The summed E-state index contributed by atoms with van der Waals surface area (Å²) in [5.74, 6) is -0.808. The third-order valence-electron chi connectivity index (χ3n) is 2.91. The van der Waals surface area contributed by atoms with Gasteiger partial charge in [0.2, 0.25) is 0 Å². The van der Waals surface area contributed by atoms with E-state index in [-0.39, 0.29) is 5.75 Å². The molecule has 100 valence electrons. The molecule has 5 nitrogen and oxygen atoms in total. The summed E-state index contributed by atoms with van der Waals surface area (Å²) in [6.07, 6.45) is 0. The molecule has 0 aliphatic carbocycles. The maximum absolute atomic E-state index is 12.0. The molecular formula is C15H11NO4. The second-order valence-electron chi connectivity index (χ2n) is 4.40. The fourth-order valence-corrected chi connectivity index (χ4v) is 1.88. The van der Waals surface area contributed by atoms with Gasteiger partial charge in [0.1, 0.15) is 5.52 Å². The minimum absolute atomic E-state index is 0.263. The number of benzene rings is 2. The van der Waals surface area contributed by atoms with E-state index in [9.17, 15) is 9.59 Å². The number of hydrogen-bond donors (Lipinski definition) is 1. The molecule has 1 aromatic heterocycles. The van der Waals surface area contributed by atoms with Crippen molar-refractivity contribution in [1.29, 1.82) is 0 Å². The third-order valence-corrected chi connectivity index (χ3v) is 2.91. The summed E-state index contributed by atoms with van der Waals surface area (Å²) in [4.78, 5) is 25.7. The number of para-hydroxylation sites is 1. The number of oxazole rings is 1. The highest BCUT2D eigenvalue weighted by atomic mass is 16.5. The first-order chi connectivity index (χ1) is 9.63. The van der Waals surface area contributed by atoms with E-state index in [0.29, 0.717) is 16.7 Å². The van der Waals surface area contributed by atoms with Crippen molar-refractivity contribution in [3.63, 3.8) is 0 Å². The Labute approximate surface area is 113 Å². The largest absolute Gasteiger partial charge is 0.421 e. The SMILES string of the molecule is Cc1ccc(C(=O)Oc2cccc3oc(=O)[nH]c23)cc1. The van der Waals surface area contributed by atoms with Crippen LogP contribution >= 0.6 is 0 Å². The summed E-state index contributed by atoms with van der Waals surface area (Å²) >= 11 is 0. The first-order valence-corrected chi connectivity index (χ1v) is 6.04. The van der Waals surface area contributed by atoms with Gasteiger partial charge < -0.3 is 9.15 Å². The number of aromatic amines is 1. The van der Waals surface area contributed by atoms with E-state index in [1.165, 1.54) is 0 Å². The molecule has 0 amide bonds. The standard InChI is InChI=1S/C15H11NO4/c1-9-5-7-10(8-6-9)14(17)19-11-3-2-4-12-13(11)16-15(18)20-12/h2-8H,1H3,(H,16,18). The summed E-state index contributed by atoms with van der Waals surface area (Å²) in [6.45, 7) is 1.94. The molecular weight excluding hydrogens is 258 g/mol. The van der Waals surface area contributed by atoms with E-state index < -0.39 is 11.7 Å². The zero-order valence-electron chi connectivity index (χ0n) is 10.7.